The van der Waals surface area contributed by atoms with E-state index in [1.807, 2.05) is 0 Å². The number of halogens is 1. The number of carbonyl (C=O) groups excluding carboxylic acids is 4. The molecule has 36 heavy (non-hydrogen) atoms. The molecule has 1 aliphatic rings. The lowest BCUT2D eigenvalue weighted by Gasteiger charge is -2.12. The smallest absolute Gasteiger partial charge is 0.306 e. The summed E-state index contributed by atoms with van der Waals surface area (Å²) in [5.41, 5.74) is 1.18. The van der Waals surface area contributed by atoms with Crippen molar-refractivity contribution in [2.75, 3.05) is 24.0 Å². The Labute approximate surface area is 205 Å². The first kappa shape index (κ1) is 24.4. The van der Waals surface area contributed by atoms with E-state index < -0.39 is 30.2 Å². The molecule has 0 aliphatic carbocycles. The topological polar surface area (TPSA) is 120 Å². The van der Waals surface area contributed by atoms with E-state index in [9.17, 15) is 23.6 Å². The van der Waals surface area contributed by atoms with Gasteiger partial charge in [0.25, 0.3) is 11.8 Å². The first-order chi connectivity index (χ1) is 17.4. The lowest BCUT2D eigenvalue weighted by Crippen LogP contribution is -2.23. The molecule has 0 saturated carbocycles. The van der Waals surface area contributed by atoms with Crippen molar-refractivity contribution in [1.82, 2.24) is 0 Å². The van der Waals surface area contributed by atoms with Crippen LogP contribution in [0.2, 0.25) is 0 Å². The number of rotatable bonds is 9. The molecule has 1 aliphatic heterocycles. The Bertz CT molecular complexity index is 1310. The number of amides is 2. The zero-order valence-corrected chi connectivity index (χ0v) is 18.9. The second kappa shape index (κ2) is 11.1. The highest BCUT2D eigenvalue weighted by molar-refractivity contribution is 6.10. The van der Waals surface area contributed by atoms with E-state index in [-0.39, 0.29) is 42.2 Å². The van der Waals surface area contributed by atoms with Crippen LogP contribution >= 0.6 is 0 Å². The number of esters is 1. The molecule has 0 radical (unpaired) electrons. The molecule has 0 spiro atoms. The van der Waals surface area contributed by atoms with Crippen molar-refractivity contribution in [2.45, 2.75) is 12.8 Å². The van der Waals surface area contributed by atoms with Crippen LogP contribution in [-0.2, 0) is 14.3 Å². The van der Waals surface area contributed by atoms with Crippen LogP contribution in [0.25, 0.3) is 0 Å². The Hall–Kier alpha value is -4.73. The van der Waals surface area contributed by atoms with Crippen LogP contribution in [-0.4, -0.2) is 37.0 Å². The van der Waals surface area contributed by atoms with E-state index in [1.165, 1.54) is 24.3 Å². The van der Waals surface area contributed by atoms with Crippen LogP contribution in [0, 0.1) is 5.82 Å². The molecule has 3 aromatic carbocycles. The number of nitrogens with one attached hydrogen (secondary N) is 2. The second-order valence-corrected chi connectivity index (χ2v) is 7.71. The Morgan fingerprint density at radius 3 is 2.42 bits per heavy atom. The Balaban J connectivity index is 1.27. The van der Waals surface area contributed by atoms with Gasteiger partial charge in [-0.2, -0.15) is 0 Å². The maximum absolute atomic E-state index is 13.0. The molecular weight excluding hydrogens is 471 g/mol. The number of hydrogen-bond donors (Lipinski definition) is 2. The molecular formula is C26H21FN2O7. The summed E-state index contributed by atoms with van der Waals surface area (Å²) in [5.74, 6) is -1.60. The van der Waals surface area contributed by atoms with Crippen LogP contribution in [0.5, 0.6) is 11.5 Å². The highest BCUT2D eigenvalue weighted by Crippen LogP contribution is 2.34. The van der Waals surface area contributed by atoms with Gasteiger partial charge in [0, 0.05) is 23.7 Å². The predicted octanol–water partition coefficient (Wildman–Crippen LogP) is 3.95. The van der Waals surface area contributed by atoms with Gasteiger partial charge in [-0.1, -0.05) is 12.1 Å². The van der Waals surface area contributed by atoms with Gasteiger partial charge in [-0.15, -0.1) is 0 Å². The van der Waals surface area contributed by atoms with Crippen molar-refractivity contribution in [2.24, 2.45) is 0 Å². The fourth-order valence-electron chi connectivity index (χ4n) is 3.36. The lowest BCUT2D eigenvalue weighted by molar-refractivity contribution is -0.147. The largest absolute Gasteiger partial charge is 0.456 e. The summed E-state index contributed by atoms with van der Waals surface area (Å²) >= 11 is 0. The molecule has 9 nitrogen and oxygen atoms in total. The van der Waals surface area contributed by atoms with Crippen molar-refractivity contribution in [3.63, 3.8) is 0 Å². The van der Waals surface area contributed by atoms with Crippen molar-refractivity contribution in [3.8, 4) is 11.5 Å². The number of para-hydroxylation sites is 1. The fourth-order valence-corrected chi connectivity index (χ4v) is 3.36. The second-order valence-electron chi connectivity index (χ2n) is 7.71. The molecule has 184 valence electrons. The number of ether oxygens (including phenoxy) is 3. The molecule has 0 fully saturated rings. The molecule has 2 amide bonds. The SMILES string of the molecule is O=C(COC(=O)CCC(=O)c1ccc(F)cc1)Nc1ccccc1C(=O)Nc1ccc2c(c1)OCO2. The highest BCUT2D eigenvalue weighted by atomic mass is 19.1. The molecule has 0 bridgehead atoms. The normalized spacial score (nSPS) is 11.5. The summed E-state index contributed by atoms with van der Waals surface area (Å²) in [6.45, 7) is -0.488. The summed E-state index contributed by atoms with van der Waals surface area (Å²) in [6, 6.07) is 16.3. The Kier molecular flexibility index (Phi) is 7.54. The zero-order chi connectivity index (χ0) is 25.5. The third-order valence-corrected chi connectivity index (χ3v) is 5.16. The standard InChI is InChI=1S/C26H21FN2O7/c27-17-7-5-16(6-8-17)21(30)10-12-25(32)34-14-24(31)29-20-4-2-1-3-19(20)26(33)28-18-9-11-22-23(13-18)36-15-35-22/h1-9,11,13H,10,12,14-15H2,(H,28,33)(H,29,31). The molecule has 10 heteroatoms. The maximum Gasteiger partial charge on any atom is 0.306 e. The van der Waals surface area contributed by atoms with Crippen LogP contribution in [0.3, 0.4) is 0 Å². The first-order valence-electron chi connectivity index (χ1n) is 10.9. The van der Waals surface area contributed by atoms with E-state index in [4.69, 9.17) is 14.2 Å². The number of hydrogen-bond acceptors (Lipinski definition) is 7. The van der Waals surface area contributed by atoms with Crippen molar-refractivity contribution >= 4 is 34.9 Å². The fraction of sp³-hybridized carbons (Fsp3) is 0.154. The minimum absolute atomic E-state index is 0.108. The number of carbonyl (C=O) groups is 4. The third-order valence-electron chi connectivity index (χ3n) is 5.16. The Morgan fingerprint density at radius 1 is 0.861 bits per heavy atom. The maximum atomic E-state index is 13.0. The number of fused-ring (bicyclic) bond motifs is 1. The van der Waals surface area contributed by atoms with E-state index >= 15 is 0 Å². The van der Waals surface area contributed by atoms with Gasteiger partial charge >= 0.3 is 5.97 Å². The van der Waals surface area contributed by atoms with E-state index in [0.29, 0.717) is 17.2 Å². The average molecular weight is 492 g/mol. The molecule has 4 rings (SSSR count). The van der Waals surface area contributed by atoms with Gasteiger partial charge in [0.2, 0.25) is 6.79 Å². The van der Waals surface area contributed by atoms with Crippen LogP contribution < -0.4 is 20.1 Å². The van der Waals surface area contributed by atoms with Gasteiger partial charge in [-0.05, 0) is 48.5 Å². The number of benzene rings is 3. The van der Waals surface area contributed by atoms with Crippen molar-refractivity contribution in [1.29, 1.82) is 0 Å². The van der Waals surface area contributed by atoms with Gasteiger partial charge in [0.15, 0.2) is 23.9 Å². The third kappa shape index (κ3) is 6.23. The summed E-state index contributed by atoms with van der Waals surface area (Å²) < 4.78 is 28.4. The summed E-state index contributed by atoms with van der Waals surface area (Å²) in [5, 5.41) is 5.28. The van der Waals surface area contributed by atoms with Crippen molar-refractivity contribution in [3.05, 3.63) is 83.7 Å². The van der Waals surface area contributed by atoms with Crippen molar-refractivity contribution < 1.29 is 37.8 Å². The minimum atomic E-state index is -0.741. The summed E-state index contributed by atoms with van der Waals surface area (Å²) in [4.78, 5) is 49.1. The van der Waals surface area contributed by atoms with E-state index in [2.05, 4.69) is 10.6 Å². The molecule has 0 atom stereocenters. The molecule has 2 N–H and O–H groups in total. The monoisotopic (exact) mass is 492 g/mol. The first-order valence-corrected chi connectivity index (χ1v) is 10.9. The van der Waals surface area contributed by atoms with Gasteiger partial charge < -0.3 is 24.8 Å². The summed E-state index contributed by atoms with van der Waals surface area (Å²) in [7, 11) is 0. The number of anilines is 2. The molecule has 0 saturated heterocycles. The zero-order valence-electron chi connectivity index (χ0n) is 18.9. The van der Waals surface area contributed by atoms with Crippen LogP contribution in [0.4, 0.5) is 15.8 Å². The van der Waals surface area contributed by atoms with Gasteiger partial charge in [-0.3, -0.25) is 19.2 Å². The van der Waals surface area contributed by atoms with E-state index in [1.54, 1.807) is 30.3 Å². The molecule has 1 heterocycles. The van der Waals surface area contributed by atoms with Crippen LogP contribution in [0.1, 0.15) is 33.6 Å². The van der Waals surface area contributed by atoms with E-state index in [0.717, 1.165) is 12.1 Å². The van der Waals surface area contributed by atoms with Gasteiger partial charge in [0.05, 0.1) is 17.7 Å². The molecule has 0 aromatic heterocycles. The highest BCUT2D eigenvalue weighted by Gasteiger charge is 2.18. The molecule has 0 unspecified atom stereocenters. The van der Waals surface area contributed by atoms with Gasteiger partial charge in [-0.25, -0.2) is 4.39 Å². The predicted molar refractivity (Wildman–Crippen MR) is 127 cm³/mol. The minimum Gasteiger partial charge on any atom is -0.456 e. The average Bonchev–Trinajstić information content (AvgIpc) is 3.35. The summed E-state index contributed by atoms with van der Waals surface area (Å²) in [6.07, 6.45) is -0.382. The number of Topliss-reactive ketones (excluding diaryl/α,β-unsaturated/α-hetero) is 1. The lowest BCUT2D eigenvalue weighted by atomic mass is 10.1. The molecule has 3 aromatic rings. The van der Waals surface area contributed by atoms with Crippen LogP contribution in [0.15, 0.2) is 66.7 Å². The quantitative estimate of drug-likeness (QED) is 0.343. The number of ketones is 1. The Morgan fingerprint density at radius 2 is 1.61 bits per heavy atom. The van der Waals surface area contributed by atoms with Gasteiger partial charge in [0.1, 0.15) is 5.82 Å².